The Morgan fingerprint density at radius 3 is 2.26 bits per heavy atom. The highest BCUT2D eigenvalue weighted by molar-refractivity contribution is 7.61. The van der Waals surface area contributed by atoms with Gasteiger partial charge in [-0.1, -0.05) is 29.8 Å². The van der Waals surface area contributed by atoms with Crippen molar-refractivity contribution in [1.29, 1.82) is 0 Å². The molecule has 1 N–H and O–H groups in total. The molecule has 0 bridgehead atoms. The van der Waals surface area contributed by atoms with Crippen LogP contribution in [-0.2, 0) is 4.57 Å². The zero-order valence-corrected chi connectivity index (χ0v) is 12.1. The van der Waals surface area contributed by atoms with Gasteiger partial charge in [-0.3, -0.25) is 0 Å². The van der Waals surface area contributed by atoms with E-state index in [9.17, 15) is 9.46 Å². The third-order valence-corrected chi connectivity index (χ3v) is 4.53. The summed E-state index contributed by atoms with van der Waals surface area (Å²) in [5, 5.41) is 0.305. The van der Waals surface area contributed by atoms with E-state index >= 15 is 0 Å². The molecule has 2 rings (SSSR count). The van der Waals surface area contributed by atoms with Crippen LogP contribution in [0, 0.1) is 20.8 Å². The summed E-state index contributed by atoms with van der Waals surface area (Å²) >= 11 is 0. The molecule has 0 radical (unpaired) electrons. The van der Waals surface area contributed by atoms with Crippen molar-refractivity contribution in [3.05, 3.63) is 59.2 Å². The molecule has 1 unspecified atom stereocenters. The van der Waals surface area contributed by atoms with Crippen molar-refractivity contribution in [2.45, 2.75) is 20.8 Å². The van der Waals surface area contributed by atoms with Crippen LogP contribution in [-0.4, -0.2) is 4.89 Å². The Kier molecular flexibility index (Phi) is 3.79. The third-order valence-electron chi connectivity index (χ3n) is 3.14. The summed E-state index contributed by atoms with van der Waals surface area (Å²) in [6, 6.07) is 12.3. The van der Waals surface area contributed by atoms with Crippen molar-refractivity contribution in [1.82, 2.24) is 0 Å². The first-order valence-electron chi connectivity index (χ1n) is 6.06. The molecular weight excluding hydrogens is 259 g/mol. The Hall–Kier alpha value is -1.57. The molecule has 0 saturated heterocycles. The fourth-order valence-corrected chi connectivity index (χ4v) is 2.84. The highest BCUT2D eigenvalue weighted by Gasteiger charge is 2.24. The molecule has 0 fully saturated rings. The highest BCUT2D eigenvalue weighted by atomic mass is 31.2. The molecule has 0 amide bonds. The van der Waals surface area contributed by atoms with Crippen molar-refractivity contribution >= 4 is 12.9 Å². The van der Waals surface area contributed by atoms with E-state index in [-0.39, 0.29) is 0 Å². The zero-order chi connectivity index (χ0) is 14.0. The fourth-order valence-electron chi connectivity index (χ4n) is 1.74. The van der Waals surface area contributed by atoms with Crippen LogP contribution in [0.1, 0.15) is 16.7 Å². The Morgan fingerprint density at radius 2 is 1.63 bits per heavy atom. The van der Waals surface area contributed by atoms with E-state index in [1.54, 1.807) is 30.3 Å². The van der Waals surface area contributed by atoms with E-state index in [1.807, 2.05) is 32.9 Å². The molecule has 0 spiro atoms. The Labute approximate surface area is 113 Å². The molecular formula is C15H17O3P. The van der Waals surface area contributed by atoms with Crippen LogP contribution < -0.4 is 9.83 Å². The number of hydrogen-bond donors (Lipinski definition) is 1. The molecule has 0 aliphatic carbocycles. The minimum absolute atomic E-state index is 0.305. The molecule has 0 aliphatic rings. The maximum absolute atomic E-state index is 12.3. The topological polar surface area (TPSA) is 46.5 Å². The van der Waals surface area contributed by atoms with Crippen molar-refractivity contribution in [2.75, 3.05) is 0 Å². The van der Waals surface area contributed by atoms with E-state index in [0.717, 1.165) is 16.7 Å². The number of aryl methyl sites for hydroxylation is 2. The standard InChI is InChI=1S/C15H17O3P/c1-11-7-9-14(10-8-11)19(16,17)18-15-6-4-5-12(2)13(15)3/h4-10H,1-3H3,(H,16,17). The van der Waals surface area contributed by atoms with Crippen molar-refractivity contribution in [2.24, 2.45) is 0 Å². The van der Waals surface area contributed by atoms with Crippen LogP contribution in [0.15, 0.2) is 42.5 Å². The lowest BCUT2D eigenvalue weighted by Gasteiger charge is -2.16. The molecule has 3 nitrogen and oxygen atoms in total. The van der Waals surface area contributed by atoms with E-state index < -0.39 is 7.60 Å². The molecule has 1 atom stereocenters. The summed E-state index contributed by atoms with van der Waals surface area (Å²) in [6.07, 6.45) is 0. The summed E-state index contributed by atoms with van der Waals surface area (Å²) in [7, 11) is -3.83. The van der Waals surface area contributed by atoms with Gasteiger partial charge in [0.2, 0.25) is 0 Å². The smallest absolute Gasteiger partial charge is 0.408 e. The molecule has 0 saturated carbocycles. The van der Waals surface area contributed by atoms with Crippen molar-refractivity contribution < 1.29 is 14.0 Å². The van der Waals surface area contributed by atoms with Crippen LogP contribution in [0.4, 0.5) is 0 Å². The molecule has 2 aromatic rings. The lowest BCUT2D eigenvalue weighted by Crippen LogP contribution is -2.09. The second-order valence-corrected chi connectivity index (χ2v) is 6.39. The lowest BCUT2D eigenvalue weighted by molar-refractivity contribution is 0.392. The Morgan fingerprint density at radius 1 is 1.00 bits per heavy atom. The summed E-state index contributed by atoms with van der Waals surface area (Å²) in [6.45, 7) is 5.74. The predicted molar refractivity (Wildman–Crippen MR) is 77.2 cm³/mol. The number of hydrogen-bond acceptors (Lipinski definition) is 2. The van der Waals surface area contributed by atoms with Gasteiger partial charge in [-0.2, -0.15) is 0 Å². The Bertz CT molecular complexity index is 632. The van der Waals surface area contributed by atoms with Gasteiger partial charge in [-0.25, -0.2) is 4.57 Å². The molecule has 100 valence electrons. The predicted octanol–water partition coefficient (Wildman–Crippen LogP) is 3.50. The fraction of sp³-hybridized carbons (Fsp3) is 0.200. The minimum atomic E-state index is -3.83. The molecule has 4 heteroatoms. The molecule has 0 heterocycles. The lowest BCUT2D eigenvalue weighted by atomic mass is 10.1. The molecule has 0 aromatic heterocycles. The molecule has 0 aliphatic heterocycles. The second-order valence-electron chi connectivity index (χ2n) is 4.65. The van der Waals surface area contributed by atoms with Crippen LogP contribution >= 0.6 is 7.60 Å². The van der Waals surface area contributed by atoms with E-state index in [0.29, 0.717) is 11.1 Å². The van der Waals surface area contributed by atoms with Crippen molar-refractivity contribution in [3.63, 3.8) is 0 Å². The maximum atomic E-state index is 12.3. The largest absolute Gasteiger partial charge is 0.421 e. The van der Waals surface area contributed by atoms with Gasteiger partial charge in [0.1, 0.15) is 5.75 Å². The summed E-state index contributed by atoms with van der Waals surface area (Å²) < 4.78 is 17.6. The zero-order valence-electron chi connectivity index (χ0n) is 11.3. The first kappa shape index (κ1) is 13.9. The van der Waals surface area contributed by atoms with Crippen LogP contribution in [0.3, 0.4) is 0 Å². The van der Waals surface area contributed by atoms with Crippen LogP contribution in [0.25, 0.3) is 0 Å². The summed E-state index contributed by atoms with van der Waals surface area (Å²) in [5.74, 6) is 0.450. The quantitative estimate of drug-likeness (QED) is 0.873. The summed E-state index contributed by atoms with van der Waals surface area (Å²) in [5.41, 5.74) is 2.95. The first-order chi connectivity index (χ1) is 8.90. The normalized spacial score (nSPS) is 13.9. The van der Waals surface area contributed by atoms with E-state index in [4.69, 9.17) is 4.52 Å². The van der Waals surface area contributed by atoms with Gasteiger partial charge < -0.3 is 9.42 Å². The van der Waals surface area contributed by atoms with Crippen LogP contribution in [0.2, 0.25) is 0 Å². The first-order valence-corrected chi connectivity index (χ1v) is 7.64. The molecule has 2 aromatic carbocycles. The number of benzene rings is 2. The average Bonchev–Trinajstić information content (AvgIpc) is 2.35. The van der Waals surface area contributed by atoms with Gasteiger partial charge in [-0.05, 0) is 50.1 Å². The van der Waals surface area contributed by atoms with Gasteiger partial charge >= 0.3 is 7.60 Å². The van der Waals surface area contributed by atoms with Crippen LogP contribution in [0.5, 0.6) is 5.75 Å². The monoisotopic (exact) mass is 276 g/mol. The van der Waals surface area contributed by atoms with Gasteiger partial charge in [0.25, 0.3) is 0 Å². The highest BCUT2D eigenvalue weighted by Crippen LogP contribution is 2.42. The number of rotatable bonds is 3. The summed E-state index contributed by atoms with van der Waals surface area (Å²) in [4.78, 5) is 10.1. The SMILES string of the molecule is Cc1ccc(P(=O)(O)Oc2cccc(C)c2C)cc1. The Balaban J connectivity index is 2.33. The minimum Gasteiger partial charge on any atom is -0.421 e. The van der Waals surface area contributed by atoms with Gasteiger partial charge in [0, 0.05) is 0 Å². The maximum Gasteiger partial charge on any atom is 0.408 e. The third kappa shape index (κ3) is 3.06. The molecule has 19 heavy (non-hydrogen) atoms. The van der Waals surface area contributed by atoms with Gasteiger partial charge in [0.05, 0.1) is 5.30 Å². The van der Waals surface area contributed by atoms with Crippen molar-refractivity contribution in [3.8, 4) is 5.75 Å². The average molecular weight is 276 g/mol. The van der Waals surface area contributed by atoms with Gasteiger partial charge in [0.15, 0.2) is 0 Å². The van der Waals surface area contributed by atoms with E-state index in [2.05, 4.69) is 0 Å². The van der Waals surface area contributed by atoms with Gasteiger partial charge in [-0.15, -0.1) is 0 Å². The second kappa shape index (κ2) is 5.20. The van der Waals surface area contributed by atoms with E-state index in [1.165, 1.54) is 0 Å².